The summed E-state index contributed by atoms with van der Waals surface area (Å²) in [5.41, 5.74) is 9.94. The molecule has 2 heteroatoms. The molecule has 1 aromatic rings. The van der Waals surface area contributed by atoms with Crippen molar-refractivity contribution in [1.29, 1.82) is 0 Å². The van der Waals surface area contributed by atoms with E-state index >= 15 is 0 Å². The lowest BCUT2D eigenvalue weighted by atomic mass is 10.0. The van der Waals surface area contributed by atoms with E-state index in [1.807, 2.05) is 0 Å². The summed E-state index contributed by atoms with van der Waals surface area (Å²) in [6, 6.07) is 7.00. The summed E-state index contributed by atoms with van der Waals surface area (Å²) < 4.78 is 0. The van der Waals surface area contributed by atoms with Crippen LogP contribution in [0.15, 0.2) is 18.2 Å². The fourth-order valence-corrected chi connectivity index (χ4v) is 2.60. The smallest absolute Gasteiger partial charge is 0.0366 e. The van der Waals surface area contributed by atoms with Gasteiger partial charge in [0, 0.05) is 25.3 Å². The molecule has 0 bridgehead atoms. The van der Waals surface area contributed by atoms with Crippen LogP contribution in [0.4, 0.5) is 5.69 Å². The highest BCUT2D eigenvalue weighted by Crippen LogP contribution is 2.38. The first kappa shape index (κ1) is 13.4. The zero-order valence-electron chi connectivity index (χ0n) is 12.1. The molecule has 3 unspecified atom stereocenters. The Balaban J connectivity index is 2.03. The van der Waals surface area contributed by atoms with Gasteiger partial charge in [-0.05, 0) is 61.8 Å². The predicted molar refractivity (Wildman–Crippen MR) is 79.1 cm³/mol. The summed E-state index contributed by atoms with van der Waals surface area (Å²) in [5, 5.41) is 0. The molecule has 0 aliphatic heterocycles. The van der Waals surface area contributed by atoms with Crippen LogP contribution in [0.2, 0.25) is 0 Å². The molecule has 100 valence electrons. The highest BCUT2D eigenvalue weighted by molar-refractivity contribution is 5.50. The van der Waals surface area contributed by atoms with Gasteiger partial charge in [-0.25, -0.2) is 0 Å². The molecule has 3 atom stereocenters. The van der Waals surface area contributed by atoms with E-state index < -0.39 is 0 Å². The average Bonchev–Trinajstić information content (AvgIpc) is 2.96. The van der Waals surface area contributed by atoms with E-state index in [0.29, 0.717) is 0 Å². The minimum absolute atomic E-state index is 0.236. The van der Waals surface area contributed by atoms with Crippen LogP contribution in [0, 0.1) is 18.8 Å². The molecule has 0 radical (unpaired) electrons. The van der Waals surface area contributed by atoms with E-state index in [0.717, 1.165) is 18.3 Å². The molecule has 18 heavy (non-hydrogen) atoms. The molecule has 0 aromatic heterocycles. The van der Waals surface area contributed by atoms with Gasteiger partial charge in [-0.2, -0.15) is 0 Å². The number of nitrogens with zero attached hydrogens (tertiary/aromatic N) is 1. The minimum atomic E-state index is 0.236. The van der Waals surface area contributed by atoms with Crippen LogP contribution < -0.4 is 10.6 Å². The molecule has 2 N–H and O–H groups in total. The average molecular weight is 246 g/mol. The van der Waals surface area contributed by atoms with E-state index in [9.17, 15) is 0 Å². The molecule has 0 spiro atoms. The van der Waals surface area contributed by atoms with Crippen LogP contribution >= 0.6 is 0 Å². The van der Waals surface area contributed by atoms with Crippen molar-refractivity contribution in [1.82, 2.24) is 0 Å². The maximum Gasteiger partial charge on any atom is 0.0366 e. The van der Waals surface area contributed by atoms with Crippen LogP contribution in [0.3, 0.4) is 0 Å². The van der Waals surface area contributed by atoms with Crippen molar-refractivity contribution in [2.75, 3.05) is 18.5 Å². The van der Waals surface area contributed by atoms with Crippen molar-refractivity contribution in [2.45, 2.75) is 39.7 Å². The van der Waals surface area contributed by atoms with Gasteiger partial charge in [0.1, 0.15) is 0 Å². The van der Waals surface area contributed by atoms with Crippen molar-refractivity contribution in [3.05, 3.63) is 29.3 Å². The Bertz CT molecular complexity index is 412. The second kappa shape index (κ2) is 5.31. The van der Waals surface area contributed by atoms with Crippen LogP contribution in [0.1, 0.15) is 31.4 Å². The van der Waals surface area contributed by atoms with Crippen molar-refractivity contribution < 1.29 is 0 Å². The number of anilines is 1. The molecule has 2 nitrogen and oxygen atoms in total. The maximum absolute atomic E-state index is 5.87. The number of hydrogen-bond donors (Lipinski definition) is 1. The first-order valence-electron chi connectivity index (χ1n) is 7.03. The first-order valence-corrected chi connectivity index (χ1v) is 7.03. The topological polar surface area (TPSA) is 29.3 Å². The lowest BCUT2D eigenvalue weighted by molar-refractivity contribution is 0.722. The van der Waals surface area contributed by atoms with Crippen molar-refractivity contribution in [2.24, 2.45) is 17.6 Å². The van der Waals surface area contributed by atoms with Gasteiger partial charge in [-0.1, -0.05) is 13.0 Å². The molecule has 1 fully saturated rings. The Kier molecular flexibility index (Phi) is 3.96. The number of benzene rings is 1. The fraction of sp³-hybridized carbons (Fsp3) is 0.625. The first-order chi connectivity index (χ1) is 8.47. The van der Waals surface area contributed by atoms with Crippen molar-refractivity contribution in [3.8, 4) is 0 Å². The van der Waals surface area contributed by atoms with Crippen molar-refractivity contribution in [3.63, 3.8) is 0 Å². The Labute approximate surface area is 111 Å². The fourth-order valence-electron chi connectivity index (χ4n) is 2.60. The highest BCUT2D eigenvalue weighted by atomic mass is 15.1. The predicted octanol–water partition coefficient (Wildman–Crippen LogP) is 2.98. The molecule has 1 aliphatic carbocycles. The summed E-state index contributed by atoms with van der Waals surface area (Å²) in [7, 11) is 2.20. The number of nitrogens with two attached hydrogens (primary N) is 1. The molecule has 1 saturated carbocycles. The summed E-state index contributed by atoms with van der Waals surface area (Å²) in [6.45, 7) is 7.78. The van der Waals surface area contributed by atoms with E-state index in [1.165, 1.54) is 29.8 Å². The third-order valence-electron chi connectivity index (χ3n) is 4.09. The van der Waals surface area contributed by atoms with Gasteiger partial charge in [0.25, 0.3) is 0 Å². The highest BCUT2D eigenvalue weighted by Gasteiger charge is 2.33. The zero-order chi connectivity index (χ0) is 13.3. The van der Waals surface area contributed by atoms with E-state index in [2.05, 4.69) is 50.9 Å². The molecular weight excluding hydrogens is 220 g/mol. The van der Waals surface area contributed by atoms with Crippen LogP contribution in [-0.2, 0) is 6.42 Å². The Hall–Kier alpha value is -1.02. The molecule has 0 saturated heterocycles. The molecule has 2 rings (SSSR count). The van der Waals surface area contributed by atoms with Crippen LogP contribution in [0.5, 0.6) is 0 Å². The number of rotatable bonds is 5. The standard InChI is InChI=1S/C16H26N2/c1-11-7-15(11)10-18(4)16-6-5-14(9-13(3)17)12(2)8-16/h5-6,8,11,13,15H,7,9-10,17H2,1-4H3. The third kappa shape index (κ3) is 3.26. The van der Waals surface area contributed by atoms with Crippen molar-refractivity contribution >= 4 is 5.69 Å². The molecule has 1 aliphatic rings. The molecule has 0 heterocycles. The summed E-state index contributed by atoms with van der Waals surface area (Å²) in [6.07, 6.45) is 2.36. The lowest BCUT2D eigenvalue weighted by Gasteiger charge is -2.21. The normalized spacial score (nSPS) is 23.8. The Morgan fingerprint density at radius 2 is 2.11 bits per heavy atom. The lowest BCUT2D eigenvalue weighted by Crippen LogP contribution is -2.21. The van der Waals surface area contributed by atoms with Crippen LogP contribution in [0.25, 0.3) is 0 Å². The Morgan fingerprint density at radius 1 is 1.44 bits per heavy atom. The van der Waals surface area contributed by atoms with E-state index in [4.69, 9.17) is 5.73 Å². The Morgan fingerprint density at radius 3 is 2.61 bits per heavy atom. The van der Waals surface area contributed by atoms with Gasteiger partial charge < -0.3 is 10.6 Å². The SMILES string of the molecule is Cc1cc(N(C)CC2CC2C)ccc1CC(C)N. The number of aryl methyl sites for hydroxylation is 1. The monoisotopic (exact) mass is 246 g/mol. The summed E-state index contributed by atoms with van der Waals surface area (Å²) in [5.74, 6) is 1.82. The summed E-state index contributed by atoms with van der Waals surface area (Å²) >= 11 is 0. The molecular formula is C16H26N2. The third-order valence-corrected chi connectivity index (χ3v) is 4.09. The van der Waals surface area contributed by atoms with Gasteiger partial charge in [0.2, 0.25) is 0 Å². The second-order valence-electron chi connectivity index (χ2n) is 6.15. The van der Waals surface area contributed by atoms with E-state index in [1.54, 1.807) is 0 Å². The van der Waals surface area contributed by atoms with Gasteiger partial charge in [0.05, 0.1) is 0 Å². The van der Waals surface area contributed by atoms with E-state index in [-0.39, 0.29) is 6.04 Å². The molecule has 0 amide bonds. The van der Waals surface area contributed by atoms with Gasteiger partial charge in [-0.15, -0.1) is 0 Å². The minimum Gasteiger partial charge on any atom is -0.374 e. The second-order valence-corrected chi connectivity index (χ2v) is 6.15. The molecule has 1 aromatic carbocycles. The maximum atomic E-state index is 5.87. The zero-order valence-corrected chi connectivity index (χ0v) is 12.1. The quantitative estimate of drug-likeness (QED) is 0.865. The van der Waals surface area contributed by atoms with Gasteiger partial charge in [0.15, 0.2) is 0 Å². The van der Waals surface area contributed by atoms with Crippen LogP contribution in [-0.4, -0.2) is 19.6 Å². The number of hydrogen-bond acceptors (Lipinski definition) is 2. The van der Waals surface area contributed by atoms with Gasteiger partial charge in [-0.3, -0.25) is 0 Å². The summed E-state index contributed by atoms with van der Waals surface area (Å²) in [4.78, 5) is 2.39. The van der Waals surface area contributed by atoms with Gasteiger partial charge >= 0.3 is 0 Å². The largest absolute Gasteiger partial charge is 0.374 e.